The fraction of sp³-hybridized carbons (Fsp3) is 0.167. The van der Waals surface area contributed by atoms with E-state index in [4.69, 9.17) is 4.74 Å². The quantitative estimate of drug-likeness (QED) is 0.469. The molecule has 5 rings (SSSR count). The molecule has 8 heteroatoms. The number of thiophene rings is 1. The van der Waals surface area contributed by atoms with Crippen LogP contribution in [0.15, 0.2) is 82.3 Å². The largest absolute Gasteiger partial charge is 0.497 e. The normalized spacial score (nSPS) is 15.7. The van der Waals surface area contributed by atoms with Gasteiger partial charge in [0.1, 0.15) is 17.1 Å². The summed E-state index contributed by atoms with van der Waals surface area (Å²) in [6, 6.07) is 18.9. The molecule has 32 heavy (non-hydrogen) atoms. The standard InChI is InChI=1S/C24H20N4O3S/c1-31-18-9-7-17(8-10-18)21-13-20(16-5-3-2-4-6-16)26-28(21)22(29)14-27-15-25-23-19(24(27)30)11-12-32-23/h2-12,15,21H,13-14H2,1H3/t21-/m1/s1. The molecule has 0 spiro atoms. The molecule has 0 bridgehead atoms. The molecule has 1 atom stereocenters. The van der Waals surface area contributed by atoms with E-state index in [-0.39, 0.29) is 24.1 Å². The number of hydrogen-bond acceptors (Lipinski definition) is 6. The predicted molar refractivity (Wildman–Crippen MR) is 124 cm³/mol. The van der Waals surface area contributed by atoms with Crippen molar-refractivity contribution in [3.05, 3.63) is 93.9 Å². The van der Waals surface area contributed by atoms with E-state index in [1.807, 2.05) is 60.0 Å². The van der Waals surface area contributed by atoms with Gasteiger partial charge in [-0.1, -0.05) is 42.5 Å². The summed E-state index contributed by atoms with van der Waals surface area (Å²) in [5.74, 6) is 0.478. The van der Waals surface area contributed by atoms with Crippen LogP contribution in [0.1, 0.15) is 23.6 Å². The number of nitrogens with zero attached hydrogens (tertiary/aromatic N) is 4. The van der Waals surface area contributed by atoms with Gasteiger partial charge in [-0.25, -0.2) is 9.99 Å². The zero-order chi connectivity index (χ0) is 22.1. The highest BCUT2D eigenvalue weighted by Crippen LogP contribution is 2.33. The molecule has 0 radical (unpaired) electrons. The van der Waals surface area contributed by atoms with Gasteiger partial charge in [-0.05, 0) is 34.7 Å². The first-order chi connectivity index (χ1) is 15.6. The Hall–Kier alpha value is -3.78. The number of ether oxygens (including phenoxy) is 1. The zero-order valence-corrected chi connectivity index (χ0v) is 18.2. The maximum atomic E-state index is 13.3. The lowest BCUT2D eigenvalue weighted by Crippen LogP contribution is -2.33. The van der Waals surface area contributed by atoms with Crippen molar-refractivity contribution in [2.24, 2.45) is 5.10 Å². The van der Waals surface area contributed by atoms with E-state index in [2.05, 4.69) is 10.1 Å². The predicted octanol–water partition coefficient (Wildman–Crippen LogP) is 3.84. The van der Waals surface area contributed by atoms with Crippen LogP contribution in [0.2, 0.25) is 0 Å². The third kappa shape index (κ3) is 3.69. The van der Waals surface area contributed by atoms with Gasteiger partial charge in [0, 0.05) is 6.42 Å². The molecule has 3 heterocycles. The zero-order valence-electron chi connectivity index (χ0n) is 17.3. The van der Waals surface area contributed by atoms with Crippen molar-refractivity contribution in [1.29, 1.82) is 0 Å². The number of methoxy groups -OCH3 is 1. The van der Waals surface area contributed by atoms with Crippen LogP contribution in [0.25, 0.3) is 10.2 Å². The van der Waals surface area contributed by atoms with Gasteiger partial charge in [0.2, 0.25) is 0 Å². The van der Waals surface area contributed by atoms with Crippen molar-refractivity contribution in [3.63, 3.8) is 0 Å². The van der Waals surface area contributed by atoms with Crippen LogP contribution < -0.4 is 10.3 Å². The molecule has 1 aliphatic heterocycles. The fourth-order valence-electron chi connectivity index (χ4n) is 3.86. The molecule has 2 aromatic heterocycles. The summed E-state index contributed by atoms with van der Waals surface area (Å²) < 4.78 is 6.61. The Morgan fingerprint density at radius 2 is 1.91 bits per heavy atom. The Morgan fingerprint density at radius 1 is 1.12 bits per heavy atom. The van der Waals surface area contributed by atoms with Crippen LogP contribution >= 0.6 is 11.3 Å². The van der Waals surface area contributed by atoms with Gasteiger partial charge in [0.25, 0.3) is 11.5 Å². The van der Waals surface area contributed by atoms with E-state index in [0.29, 0.717) is 16.6 Å². The van der Waals surface area contributed by atoms with E-state index in [1.165, 1.54) is 27.2 Å². The number of amides is 1. The molecule has 4 aromatic rings. The highest BCUT2D eigenvalue weighted by Gasteiger charge is 2.33. The average molecular weight is 445 g/mol. The second-order valence-electron chi connectivity index (χ2n) is 7.46. The number of fused-ring (bicyclic) bond motifs is 1. The Morgan fingerprint density at radius 3 is 2.66 bits per heavy atom. The molecular formula is C24H20N4O3S. The molecule has 0 N–H and O–H groups in total. The second kappa shape index (κ2) is 8.39. The maximum Gasteiger partial charge on any atom is 0.263 e. The lowest BCUT2D eigenvalue weighted by Gasteiger charge is -2.22. The van der Waals surface area contributed by atoms with Crippen LogP contribution in [-0.4, -0.2) is 33.3 Å². The third-order valence-corrected chi connectivity index (χ3v) is 6.35. The van der Waals surface area contributed by atoms with Crippen molar-refractivity contribution < 1.29 is 9.53 Å². The van der Waals surface area contributed by atoms with Crippen LogP contribution in [-0.2, 0) is 11.3 Å². The van der Waals surface area contributed by atoms with Gasteiger partial charge in [0.05, 0.1) is 30.6 Å². The van der Waals surface area contributed by atoms with Crippen LogP contribution in [0.3, 0.4) is 0 Å². The highest BCUT2D eigenvalue weighted by atomic mass is 32.1. The topological polar surface area (TPSA) is 76.8 Å². The molecule has 0 fully saturated rings. The van der Waals surface area contributed by atoms with Crippen LogP contribution in [0, 0.1) is 0 Å². The number of benzene rings is 2. The fourth-order valence-corrected chi connectivity index (χ4v) is 4.58. The molecule has 0 aliphatic carbocycles. The van der Waals surface area contributed by atoms with E-state index in [9.17, 15) is 9.59 Å². The van der Waals surface area contributed by atoms with Gasteiger partial charge in [0.15, 0.2) is 0 Å². The van der Waals surface area contributed by atoms with E-state index < -0.39 is 0 Å². The van der Waals surface area contributed by atoms with Gasteiger partial charge in [-0.15, -0.1) is 11.3 Å². The van der Waals surface area contributed by atoms with Gasteiger partial charge in [-0.2, -0.15) is 5.10 Å². The Kier molecular flexibility index (Phi) is 5.28. The van der Waals surface area contributed by atoms with Gasteiger partial charge < -0.3 is 4.74 Å². The van der Waals surface area contributed by atoms with E-state index in [0.717, 1.165) is 22.6 Å². The van der Waals surface area contributed by atoms with Crippen LogP contribution in [0.5, 0.6) is 5.75 Å². The molecule has 0 saturated carbocycles. The van der Waals surface area contributed by atoms with E-state index >= 15 is 0 Å². The summed E-state index contributed by atoms with van der Waals surface area (Å²) in [5.41, 5.74) is 2.53. The minimum atomic E-state index is -0.268. The summed E-state index contributed by atoms with van der Waals surface area (Å²) in [6.45, 7) is -0.129. The number of hydrogen-bond donors (Lipinski definition) is 0. The summed E-state index contributed by atoms with van der Waals surface area (Å²) >= 11 is 1.40. The molecular weight excluding hydrogens is 424 g/mol. The average Bonchev–Trinajstić information content (AvgIpc) is 3.50. The van der Waals surface area contributed by atoms with Crippen molar-refractivity contribution in [2.75, 3.05) is 7.11 Å². The summed E-state index contributed by atoms with van der Waals surface area (Å²) in [6.07, 6.45) is 2.01. The molecule has 1 aliphatic rings. The third-order valence-electron chi connectivity index (χ3n) is 5.53. The first-order valence-corrected chi connectivity index (χ1v) is 11.0. The lowest BCUT2D eigenvalue weighted by atomic mass is 9.98. The Bertz CT molecular complexity index is 1360. The first kappa shape index (κ1) is 20.1. The lowest BCUT2D eigenvalue weighted by molar-refractivity contribution is -0.133. The summed E-state index contributed by atoms with van der Waals surface area (Å²) in [4.78, 5) is 31.1. The highest BCUT2D eigenvalue weighted by molar-refractivity contribution is 7.16. The van der Waals surface area contributed by atoms with Gasteiger partial charge >= 0.3 is 0 Å². The number of carbonyl (C=O) groups excluding carboxylic acids is 1. The maximum absolute atomic E-state index is 13.3. The molecule has 7 nitrogen and oxygen atoms in total. The molecule has 2 aromatic carbocycles. The van der Waals surface area contributed by atoms with Crippen molar-refractivity contribution in [3.8, 4) is 5.75 Å². The number of carbonyl (C=O) groups is 1. The SMILES string of the molecule is COc1ccc([C@H]2CC(c3ccccc3)=NN2C(=O)Cn2cnc3sccc3c2=O)cc1. The Balaban J connectivity index is 1.48. The number of aromatic nitrogens is 2. The van der Waals surface area contributed by atoms with E-state index in [1.54, 1.807) is 13.2 Å². The molecule has 1 amide bonds. The van der Waals surface area contributed by atoms with Crippen molar-refractivity contribution >= 4 is 33.2 Å². The minimum Gasteiger partial charge on any atom is -0.497 e. The Labute approximate surface area is 188 Å². The monoisotopic (exact) mass is 444 g/mol. The summed E-state index contributed by atoms with van der Waals surface area (Å²) in [7, 11) is 1.62. The molecule has 160 valence electrons. The van der Waals surface area contributed by atoms with Crippen molar-refractivity contribution in [1.82, 2.24) is 14.6 Å². The van der Waals surface area contributed by atoms with Crippen molar-refractivity contribution in [2.45, 2.75) is 19.0 Å². The summed E-state index contributed by atoms with van der Waals surface area (Å²) in [5, 5.41) is 8.51. The molecule has 0 saturated heterocycles. The number of rotatable bonds is 5. The number of hydrazone groups is 1. The van der Waals surface area contributed by atoms with Crippen LogP contribution in [0.4, 0.5) is 0 Å². The van der Waals surface area contributed by atoms with Gasteiger partial charge in [-0.3, -0.25) is 14.2 Å². The first-order valence-electron chi connectivity index (χ1n) is 10.2. The smallest absolute Gasteiger partial charge is 0.263 e. The second-order valence-corrected chi connectivity index (χ2v) is 8.36. The minimum absolute atomic E-state index is 0.129. The molecule has 0 unspecified atom stereocenters.